The molecule has 0 aliphatic heterocycles. The maximum Gasteiger partial charge on any atom is 0.352 e. The van der Waals surface area contributed by atoms with Gasteiger partial charge in [0.15, 0.2) is 0 Å². The molecule has 2 heterocycles. The molecule has 2 atom stereocenters. The quantitative estimate of drug-likeness (QED) is 0.481. The minimum absolute atomic E-state index is 0.0767. The van der Waals surface area contributed by atoms with Gasteiger partial charge in [-0.1, -0.05) is 56.1 Å². The maximum absolute atomic E-state index is 11.2. The molecule has 0 saturated carbocycles. The Hall–Kier alpha value is -2.57. The fraction of sp³-hybridized carbons (Fsp3) is 0.300. The highest BCUT2D eigenvalue weighted by Gasteiger charge is 2.27. The van der Waals surface area contributed by atoms with Crippen LogP contribution in [0, 0.1) is 5.92 Å². The zero-order valence-electron chi connectivity index (χ0n) is 15.2. The molecule has 6 nitrogen and oxygen atoms in total. The van der Waals surface area contributed by atoms with E-state index < -0.39 is 5.97 Å². The number of carboxylic acids is 1. The molecule has 0 aliphatic rings. The number of nitrogens with one attached hydrogen (secondary N) is 2. The normalized spacial score (nSPS) is 13.5. The van der Waals surface area contributed by atoms with Crippen molar-refractivity contribution in [3.63, 3.8) is 0 Å². The van der Waals surface area contributed by atoms with E-state index in [1.54, 1.807) is 12.3 Å². The second-order valence-electron chi connectivity index (χ2n) is 6.60. The molecule has 7 heteroatoms. The van der Waals surface area contributed by atoms with Crippen molar-refractivity contribution in [1.29, 1.82) is 0 Å². The number of halogens is 1. The van der Waals surface area contributed by atoms with Crippen LogP contribution in [0.1, 0.15) is 53.8 Å². The predicted molar refractivity (Wildman–Crippen MR) is 104 cm³/mol. The number of aliphatic hydroxyl groups excluding tert-OH is 1. The molecule has 0 radical (unpaired) electrons. The molecular formula is C20H22ClN3O3. The number of aromatic carboxylic acids is 1. The molecule has 3 rings (SSSR count). The number of benzene rings is 1. The summed E-state index contributed by atoms with van der Waals surface area (Å²) in [6, 6.07) is 9.50. The third-order valence-electron chi connectivity index (χ3n) is 4.92. The van der Waals surface area contributed by atoms with Gasteiger partial charge in [-0.3, -0.25) is 0 Å². The van der Waals surface area contributed by atoms with Gasteiger partial charge in [-0.25, -0.2) is 9.78 Å². The number of carboxylic acid groups (broad SMARTS) is 1. The van der Waals surface area contributed by atoms with Crippen molar-refractivity contribution in [2.75, 3.05) is 0 Å². The molecule has 0 amide bonds. The number of imidazole rings is 1. The number of aromatic amines is 2. The lowest BCUT2D eigenvalue weighted by atomic mass is 9.81. The van der Waals surface area contributed by atoms with Crippen molar-refractivity contribution < 1.29 is 15.0 Å². The molecule has 27 heavy (non-hydrogen) atoms. The summed E-state index contributed by atoms with van der Waals surface area (Å²) in [4.78, 5) is 21.6. The van der Waals surface area contributed by atoms with Gasteiger partial charge in [0.25, 0.3) is 0 Å². The predicted octanol–water partition coefficient (Wildman–Crippen LogP) is 4.43. The fourth-order valence-electron chi connectivity index (χ4n) is 3.32. The average Bonchev–Trinajstić information content (AvgIpc) is 3.29. The number of aromatic nitrogens is 3. The minimum Gasteiger partial charge on any atom is -0.477 e. The highest BCUT2D eigenvalue weighted by atomic mass is 35.5. The van der Waals surface area contributed by atoms with Crippen LogP contribution in [0.5, 0.6) is 0 Å². The second-order valence-corrected chi connectivity index (χ2v) is 6.98. The number of hydrogen-bond donors (Lipinski definition) is 4. The Balaban J connectivity index is 2.13. The number of aliphatic hydroxyl groups is 1. The van der Waals surface area contributed by atoms with E-state index in [-0.39, 0.29) is 24.1 Å². The Morgan fingerprint density at radius 2 is 2.07 bits per heavy atom. The van der Waals surface area contributed by atoms with Gasteiger partial charge in [-0.15, -0.1) is 0 Å². The van der Waals surface area contributed by atoms with Gasteiger partial charge in [0.05, 0.1) is 6.61 Å². The zero-order chi connectivity index (χ0) is 19.6. The number of nitrogens with zero attached hydrogens (tertiary/aromatic N) is 1. The lowest BCUT2D eigenvalue weighted by Crippen LogP contribution is -2.14. The van der Waals surface area contributed by atoms with Crippen LogP contribution in [0.3, 0.4) is 0 Å². The van der Waals surface area contributed by atoms with Crippen LogP contribution < -0.4 is 0 Å². The minimum atomic E-state index is -0.998. The van der Waals surface area contributed by atoms with E-state index >= 15 is 0 Å². The Morgan fingerprint density at radius 3 is 2.67 bits per heavy atom. The summed E-state index contributed by atoms with van der Waals surface area (Å²) >= 11 is 6.17. The first-order valence-electron chi connectivity index (χ1n) is 8.82. The molecule has 142 valence electrons. The molecule has 4 N–H and O–H groups in total. The van der Waals surface area contributed by atoms with Crippen molar-refractivity contribution in [2.45, 2.75) is 32.8 Å². The lowest BCUT2D eigenvalue weighted by Gasteiger charge is -2.24. The molecule has 2 unspecified atom stereocenters. The number of carbonyl (C=O) groups is 1. The van der Waals surface area contributed by atoms with Crippen molar-refractivity contribution >= 4 is 17.6 Å². The average molecular weight is 388 g/mol. The summed E-state index contributed by atoms with van der Waals surface area (Å²) < 4.78 is 0. The van der Waals surface area contributed by atoms with Crippen LogP contribution in [0.4, 0.5) is 0 Å². The fourth-order valence-corrected chi connectivity index (χ4v) is 3.52. The van der Waals surface area contributed by atoms with E-state index in [1.807, 2.05) is 24.3 Å². The number of rotatable bonds is 7. The Bertz CT molecular complexity index is 948. The lowest BCUT2D eigenvalue weighted by molar-refractivity contribution is 0.0691. The molecule has 0 bridgehead atoms. The SMILES string of the molecule is CCC(C)C(c1nc(CO)c(Cl)[nH]1)c1ccccc1-c1c[nH]c(C(=O)O)c1. The first-order valence-corrected chi connectivity index (χ1v) is 9.20. The van der Waals surface area contributed by atoms with Crippen molar-refractivity contribution in [1.82, 2.24) is 15.0 Å². The first kappa shape index (κ1) is 19.2. The summed E-state index contributed by atoms with van der Waals surface area (Å²) in [5.41, 5.74) is 3.33. The van der Waals surface area contributed by atoms with E-state index in [4.69, 9.17) is 11.6 Å². The van der Waals surface area contributed by atoms with Crippen molar-refractivity contribution in [3.05, 3.63) is 64.5 Å². The molecule has 0 aliphatic carbocycles. The number of hydrogen-bond acceptors (Lipinski definition) is 3. The largest absolute Gasteiger partial charge is 0.477 e. The van der Waals surface area contributed by atoms with Gasteiger partial charge >= 0.3 is 5.97 Å². The summed E-state index contributed by atoms with van der Waals surface area (Å²) in [6.07, 6.45) is 2.61. The summed E-state index contributed by atoms with van der Waals surface area (Å²) in [5.74, 6) is -0.132. The van der Waals surface area contributed by atoms with Gasteiger partial charge in [-0.05, 0) is 23.1 Å². The van der Waals surface area contributed by atoms with E-state index in [0.29, 0.717) is 16.7 Å². The molecule has 0 spiro atoms. The maximum atomic E-state index is 11.2. The third kappa shape index (κ3) is 3.77. The smallest absolute Gasteiger partial charge is 0.352 e. The Kier molecular flexibility index (Phi) is 5.68. The van der Waals surface area contributed by atoms with Gasteiger partial charge in [0.1, 0.15) is 22.4 Å². The van der Waals surface area contributed by atoms with Crippen LogP contribution >= 0.6 is 11.6 Å². The van der Waals surface area contributed by atoms with Crippen molar-refractivity contribution in [2.24, 2.45) is 5.92 Å². The monoisotopic (exact) mass is 387 g/mol. The van der Waals surface area contributed by atoms with Crippen LogP contribution in [0.2, 0.25) is 5.15 Å². The standard InChI is InChI=1S/C20H22ClN3O3/c1-3-11(2)17(19-23-16(10-25)18(21)24-19)14-7-5-4-6-13(14)12-8-15(20(26)27)22-9-12/h4-9,11,17,22,25H,3,10H2,1-2H3,(H,23,24)(H,26,27). The second kappa shape index (κ2) is 7.98. The number of H-pyrrole nitrogens is 2. The van der Waals surface area contributed by atoms with E-state index in [0.717, 1.165) is 23.1 Å². The van der Waals surface area contributed by atoms with E-state index in [1.165, 1.54) is 0 Å². The van der Waals surface area contributed by atoms with E-state index in [2.05, 4.69) is 28.8 Å². The van der Waals surface area contributed by atoms with E-state index in [9.17, 15) is 15.0 Å². The van der Waals surface area contributed by atoms with Gasteiger partial charge in [-0.2, -0.15) is 0 Å². The zero-order valence-corrected chi connectivity index (χ0v) is 15.9. The molecule has 3 aromatic rings. The van der Waals surface area contributed by atoms with Crippen LogP contribution in [-0.4, -0.2) is 31.1 Å². The van der Waals surface area contributed by atoms with Crippen molar-refractivity contribution in [3.8, 4) is 11.1 Å². The Labute approximate surface area is 162 Å². The topological polar surface area (TPSA) is 102 Å². The molecule has 0 saturated heterocycles. The van der Waals surface area contributed by atoms with Gasteiger partial charge in [0, 0.05) is 17.7 Å². The van der Waals surface area contributed by atoms with Gasteiger partial charge in [0.2, 0.25) is 0 Å². The molecular weight excluding hydrogens is 366 g/mol. The summed E-state index contributed by atoms with van der Waals surface area (Å²) in [7, 11) is 0. The highest BCUT2D eigenvalue weighted by molar-refractivity contribution is 6.30. The molecule has 1 aromatic carbocycles. The van der Waals surface area contributed by atoms with Gasteiger partial charge < -0.3 is 20.2 Å². The molecule has 2 aromatic heterocycles. The highest BCUT2D eigenvalue weighted by Crippen LogP contribution is 2.39. The first-order chi connectivity index (χ1) is 13.0. The van der Waals surface area contributed by atoms with Crippen LogP contribution in [0.15, 0.2) is 36.5 Å². The third-order valence-corrected chi connectivity index (χ3v) is 5.24. The summed E-state index contributed by atoms with van der Waals surface area (Å²) in [5, 5.41) is 19.0. The Morgan fingerprint density at radius 1 is 1.33 bits per heavy atom. The van der Waals surface area contributed by atoms with Crippen LogP contribution in [0.25, 0.3) is 11.1 Å². The summed E-state index contributed by atoms with van der Waals surface area (Å²) in [6.45, 7) is 4.01. The molecule has 0 fully saturated rings. The van der Waals surface area contributed by atoms with Crippen LogP contribution in [-0.2, 0) is 6.61 Å².